The molecule has 0 spiro atoms. The Hall–Kier alpha value is -1.93. The van der Waals surface area contributed by atoms with Crippen LogP contribution in [-0.2, 0) is 9.53 Å². The van der Waals surface area contributed by atoms with Gasteiger partial charge in [-0.1, -0.05) is 20.3 Å². The number of hydrogen-bond donors (Lipinski definition) is 3. The van der Waals surface area contributed by atoms with Gasteiger partial charge in [-0.05, 0) is 5.92 Å². The van der Waals surface area contributed by atoms with Crippen LogP contribution in [0.5, 0.6) is 0 Å². The van der Waals surface area contributed by atoms with E-state index in [1.807, 2.05) is 0 Å². The summed E-state index contributed by atoms with van der Waals surface area (Å²) in [5.74, 6) is 1.56. The third kappa shape index (κ3) is 3.76. The molecule has 1 saturated heterocycles. The van der Waals surface area contributed by atoms with Crippen LogP contribution in [0.2, 0.25) is 0 Å². The molecule has 0 radical (unpaired) electrons. The van der Waals surface area contributed by atoms with Gasteiger partial charge in [-0.15, -0.1) is 0 Å². The Bertz CT molecular complexity index is 576. The van der Waals surface area contributed by atoms with Crippen molar-refractivity contribution in [2.45, 2.75) is 26.3 Å². The van der Waals surface area contributed by atoms with Crippen LogP contribution in [-0.4, -0.2) is 66.2 Å². The molecule has 24 heavy (non-hydrogen) atoms. The van der Waals surface area contributed by atoms with Crippen LogP contribution in [0, 0.1) is 5.92 Å². The van der Waals surface area contributed by atoms with E-state index < -0.39 is 0 Å². The fourth-order valence-electron chi connectivity index (χ4n) is 2.95. The van der Waals surface area contributed by atoms with E-state index in [1.165, 1.54) is 6.33 Å². The van der Waals surface area contributed by atoms with Crippen LogP contribution in [0.15, 0.2) is 6.33 Å². The summed E-state index contributed by atoms with van der Waals surface area (Å²) < 4.78 is 5.35. The number of ether oxygens (including phenoxy) is 1. The minimum atomic E-state index is -0.251. The summed E-state index contributed by atoms with van der Waals surface area (Å²) in [5, 5.41) is 9.52. The minimum Gasteiger partial charge on any atom is -0.379 e. The van der Waals surface area contributed by atoms with Gasteiger partial charge in [0.05, 0.1) is 13.2 Å². The molecule has 0 bridgehead atoms. The summed E-state index contributed by atoms with van der Waals surface area (Å²) in [6.07, 6.45) is 2.45. The van der Waals surface area contributed by atoms with Crippen LogP contribution in [0.4, 0.5) is 17.3 Å². The Morgan fingerprint density at radius 3 is 2.96 bits per heavy atom. The highest BCUT2D eigenvalue weighted by Crippen LogP contribution is 2.32. The molecular weight excluding hydrogens is 308 g/mol. The van der Waals surface area contributed by atoms with E-state index >= 15 is 0 Å². The molecule has 3 heterocycles. The van der Waals surface area contributed by atoms with Gasteiger partial charge in [-0.3, -0.25) is 9.69 Å². The van der Waals surface area contributed by atoms with E-state index in [2.05, 4.69) is 44.7 Å². The lowest BCUT2D eigenvalue weighted by atomic mass is 9.97. The number of amides is 1. The molecule has 132 valence electrons. The van der Waals surface area contributed by atoms with Crippen molar-refractivity contribution < 1.29 is 9.53 Å². The van der Waals surface area contributed by atoms with Gasteiger partial charge < -0.3 is 20.7 Å². The fourth-order valence-corrected chi connectivity index (χ4v) is 2.95. The van der Waals surface area contributed by atoms with Crippen molar-refractivity contribution >= 4 is 23.2 Å². The van der Waals surface area contributed by atoms with Crippen LogP contribution in [0.1, 0.15) is 20.3 Å². The van der Waals surface area contributed by atoms with Crippen molar-refractivity contribution in [3.63, 3.8) is 0 Å². The lowest BCUT2D eigenvalue weighted by Gasteiger charge is -2.30. The zero-order valence-corrected chi connectivity index (χ0v) is 14.3. The van der Waals surface area contributed by atoms with Crippen molar-refractivity contribution in [1.82, 2.24) is 14.9 Å². The molecule has 1 aromatic rings. The molecule has 2 unspecified atom stereocenters. The van der Waals surface area contributed by atoms with E-state index in [9.17, 15) is 4.79 Å². The van der Waals surface area contributed by atoms with Gasteiger partial charge in [0, 0.05) is 26.2 Å². The first-order valence-electron chi connectivity index (χ1n) is 8.65. The number of aromatic nitrogens is 2. The van der Waals surface area contributed by atoms with Gasteiger partial charge in [0.15, 0.2) is 11.6 Å². The topological polar surface area (TPSA) is 91.4 Å². The molecule has 2 aliphatic heterocycles. The molecule has 2 atom stereocenters. The Morgan fingerprint density at radius 2 is 2.21 bits per heavy atom. The predicted molar refractivity (Wildman–Crippen MR) is 93.3 cm³/mol. The van der Waals surface area contributed by atoms with Crippen molar-refractivity contribution in [3.05, 3.63) is 6.33 Å². The first-order chi connectivity index (χ1) is 11.7. The smallest absolute Gasteiger partial charge is 0.247 e. The third-order valence-electron chi connectivity index (χ3n) is 4.71. The highest BCUT2D eigenvalue weighted by Gasteiger charge is 2.31. The van der Waals surface area contributed by atoms with Gasteiger partial charge in [0.25, 0.3) is 0 Å². The van der Waals surface area contributed by atoms with Gasteiger partial charge in [-0.2, -0.15) is 0 Å². The maximum atomic E-state index is 12.4. The highest BCUT2D eigenvalue weighted by atomic mass is 16.5. The van der Waals surface area contributed by atoms with E-state index in [0.717, 1.165) is 45.8 Å². The SMILES string of the molecule is CCC(C)C1Nc2ncnc(NCCN3CCOCC3)c2NC1=O. The van der Waals surface area contributed by atoms with Crippen molar-refractivity contribution in [3.8, 4) is 0 Å². The number of morpholine rings is 1. The summed E-state index contributed by atoms with van der Waals surface area (Å²) in [4.78, 5) is 23.3. The van der Waals surface area contributed by atoms with E-state index in [1.54, 1.807) is 0 Å². The summed E-state index contributed by atoms with van der Waals surface area (Å²) in [6, 6.07) is -0.251. The number of fused-ring (bicyclic) bond motifs is 1. The number of hydrogen-bond acceptors (Lipinski definition) is 7. The molecule has 1 amide bonds. The average Bonchev–Trinajstić information content (AvgIpc) is 2.62. The van der Waals surface area contributed by atoms with Crippen LogP contribution >= 0.6 is 0 Å². The minimum absolute atomic E-state index is 0.0251. The van der Waals surface area contributed by atoms with Crippen molar-refractivity contribution in [1.29, 1.82) is 0 Å². The van der Waals surface area contributed by atoms with E-state index in [0.29, 0.717) is 17.3 Å². The van der Waals surface area contributed by atoms with E-state index in [-0.39, 0.29) is 17.9 Å². The summed E-state index contributed by atoms with van der Waals surface area (Å²) in [6.45, 7) is 9.31. The molecule has 2 aliphatic rings. The van der Waals surface area contributed by atoms with Crippen LogP contribution < -0.4 is 16.0 Å². The number of nitrogens with zero attached hydrogens (tertiary/aromatic N) is 3. The average molecular weight is 334 g/mol. The maximum absolute atomic E-state index is 12.4. The van der Waals surface area contributed by atoms with Gasteiger partial charge in [0.2, 0.25) is 5.91 Å². The lowest BCUT2D eigenvalue weighted by Crippen LogP contribution is -2.44. The van der Waals surface area contributed by atoms with Gasteiger partial charge in [0.1, 0.15) is 18.1 Å². The molecule has 1 aromatic heterocycles. The second-order valence-electron chi connectivity index (χ2n) is 6.32. The molecule has 0 aromatic carbocycles. The second-order valence-corrected chi connectivity index (χ2v) is 6.32. The van der Waals surface area contributed by atoms with Crippen molar-refractivity contribution in [2.75, 3.05) is 55.3 Å². The van der Waals surface area contributed by atoms with Crippen molar-refractivity contribution in [2.24, 2.45) is 5.92 Å². The zero-order chi connectivity index (χ0) is 16.9. The predicted octanol–water partition coefficient (Wildman–Crippen LogP) is 0.999. The zero-order valence-electron chi connectivity index (χ0n) is 14.3. The van der Waals surface area contributed by atoms with Crippen LogP contribution in [0.25, 0.3) is 0 Å². The number of carbonyl (C=O) groups excluding carboxylic acids is 1. The maximum Gasteiger partial charge on any atom is 0.247 e. The molecule has 8 heteroatoms. The largest absolute Gasteiger partial charge is 0.379 e. The normalized spacial score (nSPS) is 22.2. The number of carbonyl (C=O) groups is 1. The fraction of sp³-hybridized carbons (Fsp3) is 0.688. The highest BCUT2D eigenvalue weighted by molar-refractivity contribution is 6.05. The lowest BCUT2D eigenvalue weighted by molar-refractivity contribution is -0.118. The first-order valence-corrected chi connectivity index (χ1v) is 8.65. The summed E-state index contributed by atoms with van der Waals surface area (Å²) in [7, 11) is 0. The molecule has 3 N–H and O–H groups in total. The molecule has 1 fully saturated rings. The quantitative estimate of drug-likeness (QED) is 0.715. The number of rotatable bonds is 6. The molecule has 3 rings (SSSR count). The summed E-state index contributed by atoms with van der Waals surface area (Å²) in [5.41, 5.74) is 0.643. The summed E-state index contributed by atoms with van der Waals surface area (Å²) >= 11 is 0. The Labute approximate surface area is 142 Å². The van der Waals surface area contributed by atoms with Gasteiger partial charge in [-0.25, -0.2) is 9.97 Å². The second kappa shape index (κ2) is 7.76. The standard InChI is InChI=1S/C16H26N6O2/c1-3-11(2)12-16(23)21-13-14(18-10-19-15(13)20-12)17-4-5-22-6-8-24-9-7-22/h10-12H,3-9H2,1-2H3,(H,21,23)(H2,17,18,19,20). The van der Waals surface area contributed by atoms with E-state index in [4.69, 9.17) is 4.74 Å². The Balaban J connectivity index is 1.63. The first kappa shape index (κ1) is 16.9. The molecule has 0 aliphatic carbocycles. The third-order valence-corrected chi connectivity index (χ3v) is 4.71. The number of nitrogens with one attached hydrogen (secondary N) is 3. The molecule has 8 nitrogen and oxygen atoms in total. The van der Waals surface area contributed by atoms with Gasteiger partial charge >= 0.3 is 0 Å². The monoisotopic (exact) mass is 334 g/mol. The molecule has 0 saturated carbocycles. The molecular formula is C16H26N6O2. The Kier molecular flexibility index (Phi) is 5.47. The number of anilines is 3. The Morgan fingerprint density at radius 1 is 1.42 bits per heavy atom. The van der Waals surface area contributed by atoms with Crippen LogP contribution in [0.3, 0.4) is 0 Å².